The number of nitrogens with one attached hydrogen (secondary N) is 1. The molecule has 1 aromatic heterocycles. The first-order valence-corrected chi connectivity index (χ1v) is 10.8. The maximum atomic E-state index is 5.21. The second-order valence-electron chi connectivity index (χ2n) is 6.12. The highest BCUT2D eigenvalue weighted by Gasteiger charge is 2.21. The number of hydrogen-bond acceptors (Lipinski definition) is 5. The maximum absolute atomic E-state index is 5.21. The van der Waals surface area contributed by atoms with Crippen molar-refractivity contribution in [2.24, 2.45) is 4.99 Å². The van der Waals surface area contributed by atoms with Crippen molar-refractivity contribution in [2.75, 3.05) is 33.0 Å². The van der Waals surface area contributed by atoms with E-state index in [4.69, 9.17) is 9.72 Å². The van der Waals surface area contributed by atoms with Crippen LogP contribution < -0.4 is 10.1 Å². The lowest BCUT2D eigenvalue weighted by Gasteiger charge is -2.34. The normalized spacial score (nSPS) is 17.4. The Balaban J connectivity index is 0.00000261. The SMILES string of the molecule is CCC1CN(C(=NC)NCc2csc(-c3ccc(OC)cc3)n2)CCS1.I. The molecule has 2 aromatic rings. The summed E-state index contributed by atoms with van der Waals surface area (Å²) in [7, 11) is 3.54. The van der Waals surface area contributed by atoms with E-state index in [0.717, 1.165) is 46.8 Å². The molecular weight excluding hydrogens is 491 g/mol. The molecule has 1 unspecified atom stereocenters. The Morgan fingerprint density at radius 2 is 2.15 bits per heavy atom. The van der Waals surface area contributed by atoms with Crippen molar-refractivity contribution in [1.29, 1.82) is 0 Å². The summed E-state index contributed by atoms with van der Waals surface area (Å²) in [6.07, 6.45) is 1.20. The zero-order chi connectivity index (χ0) is 18.4. The number of rotatable bonds is 5. The van der Waals surface area contributed by atoms with E-state index in [2.05, 4.69) is 39.3 Å². The maximum Gasteiger partial charge on any atom is 0.194 e. The van der Waals surface area contributed by atoms with Crippen LogP contribution in [-0.2, 0) is 6.54 Å². The number of thioether (sulfide) groups is 1. The van der Waals surface area contributed by atoms with Crippen LogP contribution in [0.25, 0.3) is 10.6 Å². The van der Waals surface area contributed by atoms with Gasteiger partial charge in [0.15, 0.2) is 5.96 Å². The van der Waals surface area contributed by atoms with Gasteiger partial charge in [0.1, 0.15) is 10.8 Å². The Kier molecular flexibility index (Phi) is 9.17. The molecule has 0 radical (unpaired) electrons. The van der Waals surface area contributed by atoms with Crippen molar-refractivity contribution >= 4 is 53.0 Å². The van der Waals surface area contributed by atoms with Crippen molar-refractivity contribution in [3.63, 3.8) is 0 Å². The van der Waals surface area contributed by atoms with Gasteiger partial charge in [-0.2, -0.15) is 11.8 Å². The van der Waals surface area contributed by atoms with Crippen LogP contribution in [0, 0.1) is 0 Å². The molecule has 8 heteroatoms. The molecule has 148 valence electrons. The number of thiazole rings is 1. The van der Waals surface area contributed by atoms with Crippen LogP contribution >= 0.6 is 47.1 Å². The fraction of sp³-hybridized carbons (Fsp3) is 0.474. The van der Waals surface area contributed by atoms with Gasteiger partial charge < -0.3 is 15.0 Å². The summed E-state index contributed by atoms with van der Waals surface area (Å²) in [5, 5.41) is 7.31. The van der Waals surface area contributed by atoms with E-state index in [1.165, 1.54) is 6.42 Å². The molecule has 1 aliphatic rings. The molecule has 0 bridgehead atoms. The van der Waals surface area contributed by atoms with Crippen LogP contribution in [-0.4, -0.2) is 54.1 Å². The van der Waals surface area contributed by atoms with E-state index in [-0.39, 0.29) is 24.0 Å². The summed E-state index contributed by atoms with van der Waals surface area (Å²) < 4.78 is 5.21. The smallest absolute Gasteiger partial charge is 0.194 e. The van der Waals surface area contributed by atoms with Crippen LogP contribution in [0.15, 0.2) is 34.6 Å². The molecule has 1 saturated heterocycles. The van der Waals surface area contributed by atoms with E-state index in [0.29, 0.717) is 11.8 Å². The van der Waals surface area contributed by atoms with Gasteiger partial charge in [0.25, 0.3) is 0 Å². The van der Waals surface area contributed by atoms with Crippen LogP contribution in [0.1, 0.15) is 19.0 Å². The molecule has 27 heavy (non-hydrogen) atoms. The standard InChI is InChI=1S/C19H26N4OS2.HI/c1-4-17-12-23(9-10-25-17)19(20-2)21-11-15-13-26-18(22-15)14-5-7-16(24-3)8-6-14;/h5-8,13,17H,4,9-12H2,1-3H3,(H,20,21);1H. The lowest BCUT2D eigenvalue weighted by molar-refractivity contribution is 0.408. The van der Waals surface area contributed by atoms with E-state index < -0.39 is 0 Å². The molecule has 0 saturated carbocycles. The third-order valence-corrected chi connectivity index (χ3v) is 6.73. The van der Waals surface area contributed by atoms with E-state index >= 15 is 0 Å². The number of methoxy groups -OCH3 is 1. The number of ether oxygens (including phenoxy) is 1. The number of hydrogen-bond donors (Lipinski definition) is 1. The topological polar surface area (TPSA) is 49.8 Å². The van der Waals surface area contributed by atoms with Gasteiger partial charge in [-0.25, -0.2) is 4.98 Å². The number of benzene rings is 1. The number of halogens is 1. The van der Waals surface area contributed by atoms with Gasteiger partial charge in [-0.3, -0.25) is 4.99 Å². The summed E-state index contributed by atoms with van der Waals surface area (Å²) in [6, 6.07) is 8.03. The second-order valence-corrected chi connectivity index (χ2v) is 8.39. The Morgan fingerprint density at radius 1 is 1.37 bits per heavy atom. The van der Waals surface area contributed by atoms with Crippen molar-refractivity contribution < 1.29 is 4.74 Å². The zero-order valence-electron chi connectivity index (χ0n) is 16.0. The number of aliphatic imine (C=N–C) groups is 1. The van der Waals surface area contributed by atoms with Crippen molar-refractivity contribution in [3.8, 4) is 16.3 Å². The van der Waals surface area contributed by atoms with Crippen LogP contribution in [0.5, 0.6) is 5.75 Å². The average Bonchev–Trinajstić information content (AvgIpc) is 3.17. The lowest BCUT2D eigenvalue weighted by atomic mass is 10.2. The number of nitrogens with zero attached hydrogens (tertiary/aromatic N) is 3. The minimum atomic E-state index is 0. The first-order chi connectivity index (χ1) is 12.7. The molecule has 1 fully saturated rings. The molecule has 1 aromatic carbocycles. The molecule has 0 amide bonds. The first-order valence-electron chi connectivity index (χ1n) is 8.89. The Bertz CT molecular complexity index is 736. The van der Waals surface area contributed by atoms with Gasteiger partial charge in [0, 0.05) is 42.1 Å². The Morgan fingerprint density at radius 3 is 2.81 bits per heavy atom. The van der Waals surface area contributed by atoms with Gasteiger partial charge in [0.05, 0.1) is 19.3 Å². The van der Waals surface area contributed by atoms with E-state index in [1.807, 2.05) is 31.3 Å². The van der Waals surface area contributed by atoms with Gasteiger partial charge >= 0.3 is 0 Å². The van der Waals surface area contributed by atoms with Crippen LogP contribution in [0.2, 0.25) is 0 Å². The van der Waals surface area contributed by atoms with Crippen molar-refractivity contribution in [2.45, 2.75) is 25.1 Å². The summed E-state index contributed by atoms with van der Waals surface area (Å²) in [5.74, 6) is 3.00. The highest BCUT2D eigenvalue weighted by atomic mass is 127. The summed E-state index contributed by atoms with van der Waals surface area (Å²) in [4.78, 5) is 11.6. The second kappa shape index (κ2) is 11.1. The number of guanidine groups is 1. The third-order valence-electron chi connectivity index (χ3n) is 4.42. The third kappa shape index (κ3) is 5.99. The molecule has 0 spiro atoms. The van der Waals surface area contributed by atoms with E-state index in [1.54, 1.807) is 18.4 Å². The number of aromatic nitrogens is 1. The van der Waals surface area contributed by atoms with Crippen LogP contribution in [0.4, 0.5) is 0 Å². The fourth-order valence-corrected chi connectivity index (χ4v) is 4.92. The molecule has 0 aliphatic carbocycles. The molecule has 1 atom stereocenters. The largest absolute Gasteiger partial charge is 0.497 e. The molecule has 5 nitrogen and oxygen atoms in total. The minimum absolute atomic E-state index is 0. The molecule has 1 N–H and O–H groups in total. The zero-order valence-corrected chi connectivity index (χ0v) is 19.9. The quantitative estimate of drug-likeness (QED) is 0.363. The summed E-state index contributed by atoms with van der Waals surface area (Å²) >= 11 is 3.74. The molecule has 3 rings (SSSR count). The van der Waals surface area contributed by atoms with Gasteiger partial charge in [-0.15, -0.1) is 35.3 Å². The minimum Gasteiger partial charge on any atom is -0.497 e. The lowest BCUT2D eigenvalue weighted by Crippen LogP contribution is -2.47. The monoisotopic (exact) mass is 518 g/mol. The fourth-order valence-electron chi connectivity index (χ4n) is 2.91. The van der Waals surface area contributed by atoms with Crippen molar-refractivity contribution in [1.82, 2.24) is 15.2 Å². The van der Waals surface area contributed by atoms with Gasteiger partial charge in [-0.05, 0) is 30.7 Å². The Labute approximate surface area is 187 Å². The predicted molar refractivity (Wildman–Crippen MR) is 128 cm³/mol. The Hall–Kier alpha value is -1.00. The van der Waals surface area contributed by atoms with E-state index in [9.17, 15) is 0 Å². The van der Waals surface area contributed by atoms with Gasteiger partial charge in [0.2, 0.25) is 0 Å². The predicted octanol–water partition coefficient (Wildman–Crippen LogP) is 4.34. The summed E-state index contributed by atoms with van der Waals surface area (Å²) in [6.45, 7) is 5.07. The van der Waals surface area contributed by atoms with Gasteiger partial charge in [-0.1, -0.05) is 6.92 Å². The molecular formula is C19H27IN4OS2. The average molecular weight is 518 g/mol. The summed E-state index contributed by atoms with van der Waals surface area (Å²) in [5.41, 5.74) is 2.16. The van der Waals surface area contributed by atoms with Crippen LogP contribution in [0.3, 0.4) is 0 Å². The van der Waals surface area contributed by atoms with Crippen molar-refractivity contribution in [3.05, 3.63) is 35.3 Å². The molecule has 1 aliphatic heterocycles. The highest BCUT2D eigenvalue weighted by Crippen LogP contribution is 2.26. The highest BCUT2D eigenvalue weighted by molar-refractivity contribution is 14.0. The molecule has 2 heterocycles. The first kappa shape index (κ1) is 22.3.